The molecule has 0 spiro atoms. The summed E-state index contributed by atoms with van der Waals surface area (Å²) in [5.41, 5.74) is 0.727. The van der Waals surface area contributed by atoms with E-state index in [1.807, 2.05) is 0 Å². The lowest BCUT2D eigenvalue weighted by atomic mass is 10.3. The molecular weight excluding hydrogens is 200 g/mol. The molecule has 2 heterocycles. The van der Waals surface area contributed by atoms with Crippen LogP contribution in [-0.4, -0.2) is 41.5 Å². The summed E-state index contributed by atoms with van der Waals surface area (Å²) in [6, 6.07) is 0. The molecule has 2 aromatic heterocycles. The molecule has 0 saturated carbocycles. The second kappa shape index (κ2) is 3.86. The lowest BCUT2D eigenvalue weighted by molar-refractivity contribution is -0.137. The maximum Gasteiger partial charge on any atom is 0.305 e. The first-order chi connectivity index (χ1) is 7.27. The largest absolute Gasteiger partial charge is 0.481 e. The molecule has 0 saturated heterocycles. The maximum atomic E-state index is 10.4. The maximum absolute atomic E-state index is 10.4. The van der Waals surface area contributed by atoms with E-state index >= 15 is 0 Å². The molecule has 15 heavy (non-hydrogen) atoms. The van der Waals surface area contributed by atoms with E-state index in [4.69, 9.17) is 5.11 Å². The van der Waals surface area contributed by atoms with E-state index in [2.05, 4.69) is 25.7 Å². The van der Waals surface area contributed by atoms with Crippen LogP contribution in [0.3, 0.4) is 0 Å². The van der Waals surface area contributed by atoms with Crippen molar-refractivity contribution in [2.24, 2.45) is 0 Å². The van der Waals surface area contributed by atoms with Gasteiger partial charge in [0.1, 0.15) is 0 Å². The number of nitrogens with zero attached hydrogens (tertiary/aromatic N) is 5. The molecule has 0 atom stereocenters. The molecule has 0 bridgehead atoms. The van der Waals surface area contributed by atoms with Gasteiger partial charge >= 0.3 is 5.97 Å². The van der Waals surface area contributed by atoms with Crippen molar-refractivity contribution in [2.75, 3.05) is 0 Å². The van der Waals surface area contributed by atoms with Crippen LogP contribution in [0.25, 0.3) is 11.4 Å². The van der Waals surface area contributed by atoms with Gasteiger partial charge in [0.15, 0.2) is 5.82 Å². The van der Waals surface area contributed by atoms with E-state index in [1.54, 1.807) is 12.4 Å². The number of tetrazole rings is 1. The number of hydrogen-bond donors (Lipinski definition) is 2. The molecular formula is C7H8N6O2. The van der Waals surface area contributed by atoms with Gasteiger partial charge in [-0.15, -0.1) is 5.10 Å². The van der Waals surface area contributed by atoms with Crippen molar-refractivity contribution in [3.05, 3.63) is 12.4 Å². The Hall–Kier alpha value is -2.25. The molecule has 78 valence electrons. The first-order valence-electron chi connectivity index (χ1n) is 4.24. The van der Waals surface area contributed by atoms with Crippen LogP contribution < -0.4 is 0 Å². The number of rotatable bonds is 4. The minimum atomic E-state index is -0.886. The summed E-state index contributed by atoms with van der Waals surface area (Å²) in [5, 5.41) is 25.9. The number of carboxylic acid groups (broad SMARTS) is 1. The lowest BCUT2D eigenvalue weighted by Crippen LogP contribution is -2.07. The molecule has 2 aromatic rings. The molecule has 0 aromatic carbocycles. The van der Waals surface area contributed by atoms with Gasteiger partial charge in [-0.05, 0) is 10.4 Å². The molecule has 0 aliphatic heterocycles. The quantitative estimate of drug-likeness (QED) is 0.703. The predicted octanol–water partition coefficient (Wildman–Crippen LogP) is -0.462. The summed E-state index contributed by atoms with van der Waals surface area (Å²) >= 11 is 0. The molecule has 0 aliphatic rings. The fourth-order valence-electron chi connectivity index (χ4n) is 1.14. The van der Waals surface area contributed by atoms with Crippen LogP contribution in [0.2, 0.25) is 0 Å². The molecule has 0 radical (unpaired) electrons. The summed E-state index contributed by atoms with van der Waals surface area (Å²) < 4.78 is 1.43. The van der Waals surface area contributed by atoms with Crippen molar-refractivity contribution in [1.82, 2.24) is 30.4 Å². The number of H-pyrrole nitrogens is 1. The number of carbonyl (C=O) groups is 1. The van der Waals surface area contributed by atoms with Crippen molar-refractivity contribution in [3.63, 3.8) is 0 Å². The fourth-order valence-corrected chi connectivity index (χ4v) is 1.14. The van der Waals surface area contributed by atoms with Gasteiger partial charge in [0.05, 0.1) is 24.7 Å². The normalized spacial score (nSPS) is 10.4. The Balaban J connectivity index is 2.19. The average Bonchev–Trinajstić information content (AvgIpc) is 2.85. The molecule has 2 N–H and O–H groups in total. The van der Waals surface area contributed by atoms with Crippen molar-refractivity contribution in [2.45, 2.75) is 13.0 Å². The predicted molar refractivity (Wildman–Crippen MR) is 47.7 cm³/mol. The highest BCUT2D eigenvalue weighted by molar-refractivity contribution is 5.66. The van der Waals surface area contributed by atoms with Crippen LogP contribution in [0.15, 0.2) is 12.4 Å². The number of aliphatic carboxylic acids is 1. The highest BCUT2D eigenvalue weighted by Gasteiger charge is 2.10. The molecule has 0 amide bonds. The monoisotopic (exact) mass is 208 g/mol. The Bertz CT molecular complexity index is 448. The summed E-state index contributed by atoms with van der Waals surface area (Å²) in [6.45, 7) is 0.239. The van der Waals surface area contributed by atoms with E-state index in [0.29, 0.717) is 5.82 Å². The van der Waals surface area contributed by atoms with E-state index in [0.717, 1.165) is 5.56 Å². The van der Waals surface area contributed by atoms with Crippen LogP contribution >= 0.6 is 0 Å². The highest BCUT2D eigenvalue weighted by Crippen LogP contribution is 2.12. The Kier molecular flexibility index (Phi) is 2.40. The minimum Gasteiger partial charge on any atom is -0.481 e. The topological polar surface area (TPSA) is 110 Å². The van der Waals surface area contributed by atoms with Crippen molar-refractivity contribution < 1.29 is 9.90 Å². The third kappa shape index (κ3) is 1.98. The summed E-state index contributed by atoms with van der Waals surface area (Å²) in [4.78, 5) is 10.4. The molecule has 0 fully saturated rings. The lowest BCUT2D eigenvalue weighted by Gasteiger charge is -1.99. The van der Waals surface area contributed by atoms with Gasteiger partial charge in [0.25, 0.3) is 0 Å². The van der Waals surface area contributed by atoms with Gasteiger partial charge in [0.2, 0.25) is 0 Å². The van der Waals surface area contributed by atoms with Crippen molar-refractivity contribution >= 4 is 5.97 Å². The minimum absolute atomic E-state index is 0.0180. The van der Waals surface area contributed by atoms with E-state index < -0.39 is 5.97 Å². The van der Waals surface area contributed by atoms with Gasteiger partial charge in [-0.25, -0.2) is 4.68 Å². The second-order valence-corrected chi connectivity index (χ2v) is 2.86. The first kappa shape index (κ1) is 9.31. The number of hydrogen-bond acceptors (Lipinski definition) is 5. The fraction of sp³-hybridized carbons (Fsp3) is 0.286. The Morgan fingerprint density at radius 2 is 2.47 bits per heavy atom. The van der Waals surface area contributed by atoms with E-state index in [-0.39, 0.29) is 13.0 Å². The van der Waals surface area contributed by atoms with Crippen LogP contribution in [0.5, 0.6) is 0 Å². The van der Waals surface area contributed by atoms with Crippen LogP contribution in [0, 0.1) is 0 Å². The highest BCUT2D eigenvalue weighted by atomic mass is 16.4. The van der Waals surface area contributed by atoms with Gasteiger partial charge in [-0.3, -0.25) is 9.89 Å². The Morgan fingerprint density at radius 1 is 1.60 bits per heavy atom. The second-order valence-electron chi connectivity index (χ2n) is 2.86. The zero-order chi connectivity index (χ0) is 10.7. The molecule has 2 rings (SSSR count). The van der Waals surface area contributed by atoms with Gasteiger partial charge in [-0.2, -0.15) is 5.10 Å². The van der Waals surface area contributed by atoms with Crippen LogP contribution in [0.4, 0.5) is 0 Å². The number of aryl methyl sites for hydroxylation is 1. The standard InChI is InChI=1S/C7H8N6O2/c14-6(15)1-2-13-7(10-11-12-13)5-3-8-9-4-5/h3-4H,1-2H2,(H,8,9)(H,14,15). The summed E-state index contributed by atoms with van der Waals surface area (Å²) in [5.74, 6) is -0.381. The Morgan fingerprint density at radius 3 is 3.13 bits per heavy atom. The number of carboxylic acids is 1. The summed E-state index contributed by atoms with van der Waals surface area (Å²) in [7, 11) is 0. The first-order valence-corrected chi connectivity index (χ1v) is 4.24. The molecule has 0 aliphatic carbocycles. The van der Waals surface area contributed by atoms with Gasteiger partial charge in [0, 0.05) is 6.20 Å². The zero-order valence-electron chi connectivity index (χ0n) is 7.66. The average molecular weight is 208 g/mol. The molecule has 8 heteroatoms. The number of nitrogens with one attached hydrogen (secondary N) is 1. The van der Waals surface area contributed by atoms with Crippen molar-refractivity contribution in [3.8, 4) is 11.4 Å². The molecule has 8 nitrogen and oxygen atoms in total. The third-order valence-corrected chi connectivity index (χ3v) is 1.83. The smallest absolute Gasteiger partial charge is 0.305 e. The van der Waals surface area contributed by atoms with Crippen LogP contribution in [-0.2, 0) is 11.3 Å². The SMILES string of the molecule is O=C(O)CCn1nnnc1-c1cn[nH]c1. The molecule has 0 unspecified atom stereocenters. The van der Waals surface area contributed by atoms with Crippen LogP contribution in [0.1, 0.15) is 6.42 Å². The van der Waals surface area contributed by atoms with Gasteiger partial charge < -0.3 is 5.11 Å². The zero-order valence-corrected chi connectivity index (χ0v) is 7.66. The summed E-state index contributed by atoms with van der Waals surface area (Å²) in [6.07, 6.45) is 3.20. The Labute approximate surface area is 83.9 Å². The van der Waals surface area contributed by atoms with Gasteiger partial charge in [-0.1, -0.05) is 0 Å². The third-order valence-electron chi connectivity index (χ3n) is 1.83. The van der Waals surface area contributed by atoms with E-state index in [1.165, 1.54) is 4.68 Å². The van der Waals surface area contributed by atoms with E-state index in [9.17, 15) is 4.79 Å². The van der Waals surface area contributed by atoms with Crippen molar-refractivity contribution in [1.29, 1.82) is 0 Å². The number of aromatic amines is 1. The number of aromatic nitrogens is 6.